The number of sulfonamides is 1. The minimum Gasteiger partial charge on any atom is -0.456 e. The minimum atomic E-state index is -3.69. The van der Waals surface area contributed by atoms with Crippen LogP contribution < -0.4 is 10.0 Å². The molecule has 0 saturated carbocycles. The normalized spacial score (nSPS) is 10.8. The van der Waals surface area contributed by atoms with Crippen LogP contribution in [0.15, 0.2) is 35.2 Å². The molecule has 0 unspecified atom stereocenters. The smallest absolute Gasteiger partial charge is 0.307 e. The summed E-state index contributed by atoms with van der Waals surface area (Å²) in [5.74, 6) is -1.61. The van der Waals surface area contributed by atoms with Crippen LogP contribution in [0.2, 0.25) is 0 Å². The lowest BCUT2D eigenvalue weighted by atomic mass is 10.4. The Morgan fingerprint density at radius 2 is 1.80 bits per heavy atom. The third-order valence-electron chi connectivity index (χ3n) is 3.12. The molecule has 25 heavy (non-hydrogen) atoms. The summed E-state index contributed by atoms with van der Waals surface area (Å²) in [5.41, 5.74) is 0. The zero-order valence-electron chi connectivity index (χ0n) is 14.0. The van der Waals surface area contributed by atoms with Crippen LogP contribution in [-0.4, -0.2) is 64.9 Å². The minimum absolute atomic E-state index is 0.0920. The first-order valence-electron chi connectivity index (χ1n) is 7.41. The molecule has 0 aliphatic carbocycles. The molecule has 138 valence electrons. The highest BCUT2D eigenvalue weighted by molar-refractivity contribution is 7.89. The maximum Gasteiger partial charge on any atom is 0.307 e. The highest BCUT2D eigenvalue weighted by Crippen LogP contribution is 2.06. The highest BCUT2D eigenvalue weighted by atomic mass is 32.2. The number of carbonyl (C=O) groups is 3. The molecule has 0 bridgehead atoms. The average Bonchev–Trinajstić information content (AvgIpc) is 2.60. The average molecular weight is 371 g/mol. The van der Waals surface area contributed by atoms with Gasteiger partial charge < -0.3 is 15.0 Å². The number of hydrogen-bond donors (Lipinski definition) is 2. The standard InChI is InChI=1S/C15H21N3O6S/c1-16-13(19)10-18(2)14(20)11-24-15(21)8-9-17-25(22,23)12-6-4-3-5-7-12/h3-7,17H,8-11H2,1-2H3,(H,16,19). The molecule has 0 spiro atoms. The predicted octanol–water partition coefficient (Wildman–Crippen LogP) is -0.897. The Morgan fingerprint density at radius 3 is 2.40 bits per heavy atom. The van der Waals surface area contributed by atoms with Crippen LogP contribution in [0.1, 0.15) is 6.42 Å². The van der Waals surface area contributed by atoms with Crippen LogP contribution in [0.3, 0.4) is 0 Å². The first kappa shape index (κ1) is 20.6. The largest absolute Gasteiger partial charge is 0.456 e. The van der Waals surface area contributed by atoms with E-state index in [9.17, 15) is 22.8 Å². The second-order valence-electron chi connectivity index (χ2n) is 5.04. The van der Waals surface area contributed by atoms with E-state index in [-0.39, 0.29) is 30.3 Å². The molecule has 1 aromatic rings. The van der Waals surface area contributed by atoms with Crippen molar-refractivity contribution in [1.29, 1.82) is 0 Å². The molecule has 0 heterocycles. The number of carbonyl (C=O) groups excluding carboxylic acids is 3. The molecular formula is C15H21N3O6S. The van der Waals surface area contributed by atoms with Crippen molar-refractivity contribution in [3.63, 3.8) is 0 Å². The number of hydrogen-bond acceptors (Lipinski definition) is 6. The Balaban J connectivity index is 2.33. The van der Waals surface area contributed by atoms with Gasteiger partial charge in [0.25, 0.3) is 5.91 Å². The van der Waals surface area contributed by atoms with Crippen molar-refractivity contribution >= 4 is 27.8 Å². The molecule has 0 atom stereocenters. The number of benzene rings is 1. The molecule has 1 aromatic carbocycles. The summed E-state index contributed by atoms with van der Waals surface area (Å²) in [4.78, 5) is 35.6. The first-order chi connectivity index (χ1) is 11.8. The molecule has 2 N–H and O–H groups in total. The van der Waals surface area contributed by atoms with Gasteiger partial charge in [0, 0.05) is 20.6 Å². The van der Waals surface area contributed by atoms with Gasteiger partial charge in [0.15, 0.2) is 6.61 Å². The Hall–Kier alpha value is -2.46. The van der Waals surface area contributed by atoms with E-state index in [0.717, 1.165) is 4.90 Å². The molecule has 0 aliphatic heterocycles. The van der Waals surface area contributed by atoms with Gasteiger partial charge in [0.05, 0.1) is 17.9 Å². The highest BCUT2D eigenvalue weighted by Gasteiger charge is 2.16. The monoisotopic (exact) mass is 371 g/mol. The van der Waals surface area contributed by atoms with Crippen molar-refractivity contribution in [3.8, 4) is 0 Å². The van der Waals surface area contributed by atoms with Crippen molar-refractivity contribution in [2.75, 3.05) is 33.8 Å². The number of esters is 1. The summed E-state index contributed by atoms with van der Waals surface area (Å²) in [6.45, 7) is -0.820. The summed E-state index contributed by atoms with van der Waals surface area (Å²) in [6.07, 6.45) is -0.224. The van der Waals surface area contributed by atoms with Gasteiger partial charge in [-0.15, -0.1) is 0 Å². The van der Waals surface area contributed by atoms with Gasteiger partial charge in [-0.1, -0.05) is 18.2 Å². The summed E-state index contributed by atoms with van der Waals surface area (Å²) in [5, 5.41) is 2.37. The van der Waals surface area contributed by atoms with Gasteiger partial charge in [-0.05, 0) is 12.1 Å². The third-order valence-corrected chi connectivity index (χ3v) is 4.59. The maximum absolute atomic E-state index is 11.9. The van der Waals surface area contributed by atoms with Gasteiger partial charge in [0.1, 0.15) is 0 Å². The number of rotatable bonds is 9. The van der Waals surface area contributed by atoms with Gasteiger partial charge >= 0.3 is 5.97 Å². The fourth-order valence-corrected chi connectivity index (χ4v) is 2.73. The summed E-state index contributed by atoms with van der Waals surface area (Å²) < 4.78 is 30.9. The Labute approximate surface area is 146 Å². The molecule has 10 heteroatoms. The summed E-state index contributed by atoms with van der Waals surface area (Å²) >= 11 is 0. The molecule has 0 saturated heterocycles. The fourth-order valence-electron chi connectivity index (χ4n) is 1.68. The molecule has 9 nitrogen and oxygen atoms in total. The molecule has 2 amide bonds. The molecule has 0 fully saturated rings. The number of nitrogens with zero attached hydrogens (tertiary/aromatic N) is 1. The second-order valence-corrected chi connectivity index (χ2v) is 6.81. The third kappa shape index (κ3) is 7.31. The van der Waals surface area contributed by atoms with Gasteiger partial charge in [-0.25, -0.2) is 13.1 Å². The zero-order chi connectivity index (χ0) is 18.9. The number of nitrogens with one attached hydrogen (secondary N) is 2. The van der Waals surface area contributed by atoms with Crippen molar-refractivity contribution < 1.29 is 27.5 Å². The van der Waals surface area contributed by atoms with E-state index in [4.69, 9.17) is 4.74 Å². The van der Waals surface area contributed by atoms with Crippen molar-refractivity contribution in [3.05, 3.63) is 30.3 Å². The van der Waals surface area contributed by atoms with Crippen LogP contribution in [0.5, 0.6) is 0 Å². The lowest BCUT2D eigenvalue weighted by molar-refractivity contribution is -0.151. The quantitative estimate of drug-likeness (QED) is 0.543. The van der Waals surface area contributed by atoms with Gasteiger partial charge in [-0.3, -0.25) is 14.4 Å². The van der Waals surface area contributed by atoms with Crippen LogP contribution in [0.4, 0.5) is 0 Å². The second kappa shape index (κ2) is 9.74. The van der Waals surface area contributed by atoms with Crippen molar-refractivity contribution in [2.24, 2.45) is 0 Å². The Morgan fingerprint density at radius 1 is 1.16 bits per heavy atom. The Bertz CT molecular complexity index is 705. The number of likely N-dealkylation sites (N-methyl/N-ethyl adjacent to an activating group) is 2. The molecule has 0 aliphatic rings. The lowest BCUT2D eigenvalue weighted by Crippen LogP contribution is -2.39. The summed E-state index contributed by atoms with van der Waals surface area (Å²) in [7, 11) is -0.851. The number of amides is 2. The number of ether oxygens (including phenoxy) is 1. The SMILES string of the molecule is CNC(=O)CN(C)C(=O)COC(=O)CCNS(=O)(=O)c1ccccc1. The Kier molecular flexibility index (Phi) is 8.02. The molecule has 1 rings (SSSR count). The van der Waals surface area contributed by atoms with Crippen LogP contribution in [0.25, 0.3) is 0 Å². The van der Waals surface area contributed by atoms with Crippen molar-refractivity contribution in [2.45, 2.75) is 11.3 Å². The van der Waals surface area contributed by atoms with E-state index < -0.39 is 28.5 Å². The van der Waals surface area contributed by atoms with E-state index in [0.29, 0.717) is 0 Å². The van der Waals surface area contributed by atoms with Gasteiger partial charge in [0.2, 0.25) is 15.9 Å². The first-order valence-corrected chi connectivity index (χ1v) is 8.89. The van der Waals surface area contributed by atoms with E-state index >= 15 is 0 Å². The molecular weight excluding hydrogens is 350 g/mol. The van der Waals surface area contributed by atoms with Crippen LogP contribution >= 0.6 is 0 Å². The maximum atomic E-state index is 11.9. The topological polar surface area (TPSA) is 122 Å². The summed E-state index contributed by atoms with van der Waals surface area (Å²) in [6, 6.07) is 7.73. The lowest BCUT2D eigenvalue weighted by Gasteiger charge is -2.15. The van der Waals surface area contributed by atoms with Crippen LogP contribution in [-0.2, 0) is 29.1 Å². The molecule has 0 aromatic heterocycles. The van der Waals surface area contributed by atoms with Gasteiger partial charge in [-0.2, -0.15) is 0 Å². The van der Waals surface area contributed by atoms with Crippen LogP contribution in [0, 0.1) is 0 Å². The van der Waals surface area contributed by atoms with Crippen molar-refractivity contribution in [1.82, 2.24) is 14.9 Å². The fraction of sp³-hybridized carbons (Fsp3) is 0.400. The van der Waals surface area contributed by atoms with E-state index in [1.54, 1.807) is 18.2 Å². The predicted molar refractivity (Wildman–Crippen MR) is 88.9 cm³/mol. The van der Waals surface area contributed by atoms with E-state index in [1.165, 1.54) is 26.2 Å². The van der Waals surface area contributed by atoms with E-state index in [1.807, 2.05) is 0 Å². The molecule has 0 radical (unpaired) electrons. The zero-order valence-corrected chi connectivity index (χ0v) is 14.8. The van der Waals surface area contributed by atoms with E-state index in [2.05, 4.69) is 10.0 Å².